The number of benzene rings is 2. The van der Waals surface area contributed by atoms with Crippen molar-refractivity contribution < 1.29 is 9.53 Å². The first kappa shape index (κ1) is 24.2. The van der Waals surface area contributed by atoms with E-state index in [0.29, 0.717) is 44.0 Å². The zero-order chi connectivity index (χ0) is 22.5. The molecule has 0 fully saturated rings. The summed E-state index contributed by atoms with van der Waals surface area (Å²) >= 11 is 22.9. The summed E-state index contributed by atoms with van der Waals surface area (Å²) in [5, 5.41) is 13.3. The van der Waals surface area contributed by atoms with Crippen LogP contribution >= 0.6 is 62.5 Å². The number of aromatic nitrogens is 3. The summed E-state index contributed by atoms with van der Waals surface area (Å²) in [6, 6.07) is 10.3. The van der Waals surface area contributed by atoms with Crippen molar-refractivity contribution in [3.8, 4) is 5.75 Å². The molecule has 164 valence electrons. The van der Waals surface area contributed by atoms with Crippen LogP contribution < -0.4 is 10.1 Å². The van der Waals surface area contributed by atoms with Crippen molar-refractivity contribution in [1.29, 1.82) is 0 Å². The molecule has 1 amide bonds. The third-order valence-corrected chi connectivity index (χ3v) is 6.46. The van der Waals surface area contributed by atoms with Crippen molar-refractivity contribution in [1.82, 2.24) is 14.8 Å². The summed E-state index contributed by atoms with van der Waals surface area (Å²) in [6.45, 7) is 4.45. The van der Waals surface area contributed by atoms with Crippen LogP contribution in [0.15, 0.2) is 46.0 Å². The standard InChI is InChI=1S/C20H18BrCl3N4O2S/c1-3-28-19(11(2)30-17-7-5-13(22)9-15(17)24)26-27-20(28)31-10-18(29)25-16-6-4-12(21)8-14(16)23/h4-9,11H,3,10H2,1-2H3,(H,25,29). The maximum Gasteiger partial charge on any atom is 0.234 e. The molecule has 1 N–H and O–H groups in total. The zero-order valence-electron chi connectivity index (χ0n) is 16.5. The number of hydrogen-bond donors (Lipinski definition) is 1. The smallest absolute Gasteiger partial charge is 0.234 e. The van der Waals surface area contributed by atoms with Crippen LogP contribution in [0.4, 0.5) is 5.69 Å². The molecule has 6 nitrogen and oxygen atoms in total. The van der Waals surface area contributed by atoms with Gasteiger partial charge in [-0.25, -0.2) is 0 Å². The van der Waals surface area contributed by atoms with Gasteiger partial charge in [-0.2, -0.15) is 0 Å². The van der Waals surface area contributed by atoms with E-state index in [-0.39, 0.29) is 11.7 Å². The van der Waals surface area contributed by atoms with E-state index in [1.807, 2.05) is 24.5 Å². The zero-order valence-corrected chi connectivity index (χ0v) is 21.2. The van der Waals surface area contributed by atoms with Crippen LogP contribution in [0.25, 0.3) is 0 Å². The second-order valence-corrected chi connectivity index (χ2v) is 9.49. The first-order chi connectivity index (χ1) is 14.8. The van der Waals surface area contributed by atoms with Gasteiger partial charge in [-0.15, -0.1) is 10.2 Å². The van der Waals surface area contributed by atoms with Gasteiger partial charge >= 0.3 is 0 Å². The molecular formula is C20H18BrCl3N4O2S. The Bertz CT molecular complexity index is 1100. The van der Waals surface area contributed by atoms with E-state index in [1.165, 1.54) is 11.8 Å². The number of nitrogens with zero attached hydrogens (tertiary/aromatic N) is 3. The minimum atomic E-state index is -0.407. The summed E-state index contributed by atoms with van der Waals surface area (Å²) < 4.78 is 8.69. The molecule has 1 unspecified atom stereocenters. The van der Waals surface area contributed by atoms with Gasteiger partial charge in [-0.3, -0.25) is 4.79 Å². The molecule has 0 saturated heterocycles. The molecule has 31 heavy (non-hydrogen) atoms. The van der Waals surface area contributed by atoms with Crippen LogP contribution in [-0.4, -0.2) is 26.4 Å². The predicted molar refractivity (Wildman–Crippen MR) is 130 cm³/mol. The van der Waals surface area contributed by atoms with Gasteiger partial charge in [0, 0.05) is 16.0 Å². The lowest BCUT2D eigenvalue weighted by Gasteiger charge is -2.16. The Balaban J connectivity index is 1.65. The average molecular weight is 565 g/mol. The lowest BCUT2D eigenvalue weighted by Crippen LogP contribution is -2.15. The van der Waals surface area contributed by atoms with Crippen molar-refractivity contribution in [3.05, 3.63) is 61.8 Å². The molecule has 1 atom stereocenters. The number of thioether (sulfide) groups is 1. The highest BCUT2D eigenvalue weighted by molar-refractivity contribution is 9.10. The van der Waals surface area contributed by atoms with Crippen LogP contribution in [0.1, 0.15) is 25.8 Å². The number of anilines is 1. The highest BCUT2D eigenvalue weighted by Gasteiger charge is 2.20. The van der Waals surface area contributed by atoms with Crippen LogP contribution in [-0.2, 0) is 11.3 Å². The Morgan fingerprint density at radius 1 is 1.19 bits per heavy atom. The van der Waals surface area contributed by atoms with E-state index >= 15 is 0 Å². The SMILES string of the molecule is CCn1c(SCC(=O)Nc2ccc(Br)cc2Cl)nnc1C(C)Oc1ccc(Cl)cc1Cl. The van der Waals surface area contributed by atoms with E-state index in [2.05, 4.69) is 31.4 Å². The van der Waals surface area contributed by atoms with Gasteiger partial charge in [0.25, 0.3) is 0 Å². The third kappa shape index (κ3) is 6.29. The number of rotatable bonds is 8. The molecule has 3 aromatic rings. The fraction of sp³-hybridized carbons (Fsp3) is 0.250. The predicted octanol–water partition coefficient (Wildman–Crippen LogP) is 6.89. The normalized spacial score (nSPS) is 11.9. The van der Waals surface area contributed by atoms with Gasteiger partial charge in [0.15, 0.2) is 17.1 Å². The molecule has 1 heterocycles. The van der Waals surface area contributed by atoms with Crippen LogP contribution in [0.3, 0.4) is 0 Å². The lowest BCUT2D eigenvalue weighted by molar-refractivity contribution is -0.113. The number of carbonyl (C=O) groups is 1. The topological polar surface area (TPSA) is 69.0 Å². The summed E-state index contributed by atoms with van der Waals surface area (Å²) in [5.41, 5.74) is 0.551. The quantitative estimate of drug-likeness (QED) is 0.302. The maximum absolute atomic E-state index is 12.4. The van der Waals surface area contributed by atoms with Gasteiger partial charge in [0.1, 0.15) is 5.75 Å². The van der Waals surface area contributed by atoms with E-state index < -0.39 is 6.10 Å². The van der Waals surface area contributed by atoms with Crippen LogP contribution in [0.5, 0.6) is 5.75 Å². The first-order valence-electron chi connectivity index (χ1n) is 9.21. The molecule has 0 spiro atoms. The van der Waals surface area contributed by atoms with E-state index in [1.54, 1.807) is 30.3 Å². The summed E-state index contributed by atoms with van der Waals surface area (Å²) in [6.07, 6.45) is -0.407. The summed E-state index contributed by atoms with van der Waals surface area (Å²) in [4.78, 5) is 12.4. The molecule has 1 aromatic heterocycles. The molecule has 0 aliphatic carbocycles. The average Bonchev–Trinajstić information content (AvgIpc) is 3.13. The Hall–Kier alpha value is -1.45. The van der Waals surface area contributed by atoms with Crippen molar-refractivity contribution in [2.45, 2.75) is 31.7 Å². The van der Waals surface area contributed by atoms with Crippen molar-refractivity contribution >= 4 is 74.1 Å². The molecule has 3 rings (SSSR count). The number of carbonyl (C=O) groups excluding carboxylic acids is 1. The lowest BCUT2D eigenvalue weighted by atomic mass is 10.3. The molecule has 0 aliphatic heterocycles. The Labute approximate surface area is 207 Å². The monoisotopic (exact) mass is 562 g/mol. The second kappa shape index (κ2) is 10.9. The Kier molecular flexibility index (Phi) is 8.52. The van der Waals surface area contributed by atoms with Gasteiger partial charge < -0.3 is 14.6 Å². The van der Waals surface area contributed by atoms with Gasteiger partial charge in [0.05, 0.1) is 21.5 Å². The van der Waals surface area contributed by atoms with Gasteiger partial charge in [0.2, 0.25) is 5.91 Å². The van der Waals surface area contributed by atoms with E-state index in [0.717, 1.165) is 4.47 Å². The number of halogens is 4. The molecule has 2 aromatic carbocycles. The highest BCUT2D eigenvalue weighted by atomic mass is 79.9. The van der Waals surface area contributed by atoms with E-state index in [9.17, 15) is 4.79 Å². The maximum atomic E-state index is 12.4. The number of hydrogen-bond acceptors (Lipinski definition) is 5. The van der Waals surface area contributed by atoms with Crippen molar-refractivity contribution in [2.75, 3.05) is 11.1 Å². The largest absolute Gasteiger partial charge is 0.481 e. The number of nitrogens with one attached hydrogen (secondary N) is 1. The van der Waals surface area contributed by atoms with Crippen LogP contribution in [0, 0.1) is 0 Å². The third-order valence-electron chi connectivity index (χ3n) is 4.16. The molecule has 0 bridgehead atoms. The van der Waals surface area contributed by atoms with Crippen LogP contribution in [0.2, 0.25) is 15.1 Å². The minimum Gasteiger partial charge on any atom is -0.481 e. The minimum absolute atomic E-state index is 0.156. The number of amides is 1. The fourth-order valence-corrected chi connectivity index (χ4v) is 4.71. The molecule has 11 heteroatoms. The highest BCUT2D eigenvalue weighted by Crippen LogP contribution is 2.32. The van der Waals surface area contributed by atoms with Crippen molar-refractivity contribution in [3.63, 3.8) is 0 Å². The van der Waals surface area contributed by atoms with Crippen molar-refractivity contribution in [2.24, 2.45) is 0 Å². The molecule has 0 aliphatic rings. The molecular weight excluding hydrogens is 547 g/mol. The van der Waals surface area contributed by atoms with Gasteiger partial charge in [-0.1, -0.05) is 62.5 Å². The summed E-state index contributed by atoms with van der Waals surface area (Å²) in [5.74, 6) is 1.10. The van der Waals surface area contributed by atoms with Gasteiger partial charge in [-0.05, 0) is 50.2 Å². The Morgan fingerprint density at radius 3 is 2.65 bits per heavy atom. The second-order valence-electron chi connectivity index (χ2n) is 6.38. The molecule has 0 radical (unpaired) electrons. The fourth-order valence-electron chi connectivity index (χ4n) is 2.73. The summed E-state index contributed by atoms with van der Waals surface area (Å²) in [7, 11) is 0. The molecule has 0 saturated carbocycles. The Morgan fingerprint density at radius 2 is 1.97 bits per heavy atom. The number of ether oxygens (including phenoxy) is 1. The first-order valence-corrected chi connectivity index (χ1v) is 12.1. The van der Waals surface area contributed by atoms with E-state index in [4.69, 9.17) is 39.5 Å².